The van der Waals surface area contributed by atoms with Gasteiger partial charge in [0.25, 0.3) is 0 Å². The van der Waals surface area contributed by atoms with E-state index in [-0.39, 0.29) is 18.1 Å². The first-order valence-corrected chi connectivity index (χ1v) is 5.84. The quantitative estimate of drug-likeness (QED) is 0.802. The monoisotopic (exact) mass is 252 g/mol. The highest BCUT2D eigenvalue weighted by atomic mass is 16.4. The van der Waals surface area contributed by atoms with Crippen molar-refractivity contribution in [2.45, 2.75) is 19.9 Å². The van der Waals surface area contributed by atoms with Crippen molar-refractivity contribution in [1.82, 2.24) is 19.9 Å². The first kappa shape index (κ1) is 12.5. The van der Waals surface area contributed by atoms with E-state index >= 15 is 0 Å². The van der Waals surface area contributed by atoms with Gasteiger partial charge in [-0.25, -0.2) is 9.48 Å². The number of aromatic nitrogens is 3. The van der Waals surface area contributed by atoms with E-state index in [1.54, 1.807) is 11.9 Å². The molecule has 2 atom stereocenters. The van der Waals surface area contributed by atoms with Gasteiger partial charge in [0.15, 0.2) is 5.69 Å². The van der Waals surface area contributed by atoms with Crippen molar-refractivity contribution in [3.8, 4) is 0 Å². The number of aromatic carboxylic acids is 1. The van der Waals surface area contributed by atoms with Crippen LogP contribution >= 0.6 is 0 Å². The van der Waals surface area contributed by atoms with Crippen molar-refractivity contribution in [2.24, 2.45) is 11.8 Å². The van der Waals surface area contributed by atoms with Crippen LogP contribution in [-0.4, -0.2) is 50.5 Å². The molecule has 1 aliphatic rings. The van der Waals surface area contributed by atoms with E-state index in [2.05, 4.69) is 17.2 Å². The lowest BCUT2D eigenvalue weighted by Crippen LogP contribution is -2.32. The summed E-state index contributed by atoms with van der Waals surface area (Å²) in [5, 5.41) is 15.8. The zero-order valence-electron chi connectivity index (χ0n) is 10.4. The first-order valence-electron chi connectivity index (χ1n) is 5.84. The molecule has 0 radical (unpaired) electrons. The molecule has 0 bridgehead atoms. The van der Waals surface area contributed by atoms with Gasteiger partial charge in [0.05, 0.1) is 6.20 Å². The van der Waals surface area contributed by atoms with Gasteiger partial charge in [-0.2, -0.15) is 0 Å². The average molecular weight is 252 g/mol. The molecule has 1 aliphatic carbocycles. The number of carbonyl (C=O) groups is 2. The minimum absolute atomic E-state index is 0.0257. The van der Waals surface area contributed by atoms with E-state index in [0.717, 1.165) is 6.54 Å². The molecule has 0 saturated heterocycles. The smallest absolute Gasteiger partial charge is 0.358 e. The van der Waals surface area contributed by atoms with Gasteiger partial charge in [0.1, 0.15) is 6.54 Å². The third-order valence-corrected chi connectivity index (χ3v) is 3.27. The van der Waals surface area contributed by atoms with Crippen LogP contribution in [0.5, 0.6) is 0 Å². The standard InChI is InChI=1S/C11H16N4O3/c1-7-3-8(7)4-14(2)10(16)6-15-5-9(11(17)18)12-13-15/h5,7-8H,3-4,6H2,1-2H3,(H,17,18). The fourth-order valence-corrected chi connectivity index (χ4v) is 1.84. The molecule has 2 rings (SSSR count). The van der Waals surface area contributed by atoms with Crippen LogP contribution in [0.25, 0.3) is 0 Å². The van der Waals surface area contributed by atoms with Crippen LogP contribution in [-0.2, 0) is 11.3 Å². The normalized spacial score (nSPS) is 21.7. The van der Waals surface area contributed by atoms with Gasteiger partial charge in [0, 0.05) is 13.6 Å². The van der Waals surface area contributed by atoms with Gasteiger partial charge in [-0.1, -0.05) is 12.1 Å². The zero-order chi connectivity index (χ0) is 13.3. The van der Waals surface area contributed by atoms with Crippen LogP contribution in [0.3, 0.4) is 0 Å². The number of carbonyl (C=O) groups excluding carboxylic acids is 1. The van der Waals surface area contributed by atoms with Gasteiger partial charge in [-0.3, -0.25) is 4.79 Å². The summed E-state index contributed by atoms with van der Waals surface area (Å²) in [6, 6.07) is 0. The summed E-state index contributed by atoms with van der Waals surface area (Å²) < 4.78 is 1.25. The Labute approximate surface area is 104 Å². The Kier molecular flexibility index (Phi) is 3.31. The van der Waals surface area contributed by atoms with Crippen molar-refractivity contribution in [1.29, 1.82) is 0 Å². The summed E-state index contributed by atoms with van der Waals surface area (Å²) in [5.41, 5.74) is -0.152. The molecule has 0 aliphatic heterocycles. The first-order chi connectivity index (χ1) is 8.47. The summed E-state index contributed by atoms with van der Waals surface area (Å²) >= 11 is 0. The summed E-state index contributed by atoms with van der Waals surface area (Å²) in [6.45, 7) is 2.94. The number of likely N-dealkylation sites (N-methyl/N-ethyl adjacent to an activating group) is 1. The number of carboxylic acid groups (broad SMARTS) is 1. The summed E-state index contributed by atoms with van der Waals surface area (Å²) in [6.07, 6.45) is 2.43. The Bertz CT molecular complexity index is 471. The molecule has 7 nitrogen and oxygen atoms in total. The molecule has 1 aromatic heterocycles. The minimum atomic E-state index is -1.14. The molecule has 0 aromatic carbocycles. The van der Waals surface area contributed by atoms with Crippen molar-refractivity contribution >= 4 is 11.9 Å². The van der Waals surface area contributed by atoms with Crippen molar-refractivity contribution in [3.05, 3.63) is 11.9 Å². The maximum Gasteiger partial charge on any atom is 0.358 e. The summed E-state index contributed by atoms with van der Waals surface area (Å²) in [7, 11) is 1.75. The Morgan fingerprint density at radius 2 is 2.28 bits per heavy atom. The third-order valence-electron chi connectivity index (χ3n) is 3.27. The van der Waals surface area contributed by atoms with Crippen LogP contribution in [0.1, 0.15) is 23.8 Å². The number of carboxylic acids is 1. The van der Waals surface area contributed by atoms with Crippen LogP contribution in [0, 0.1) is 11.8 Å². The molecule has 2 unspecified atom stereocenters. The van der Waals surface area contributed by atoms with Crippen LogP contribution in [0.4, 0.5) is 0 Å². The fourth-order valence-electron chi connectivity index (χ4n) is 1.84. The van der Waals surface area contributed by atoms with Gasteiger partial charge in [-0.05, 0) is 18.3 Å². The maximum absolute atomic E-state index is 11.9. The minimum Gasteiger partial charge on any atom is -0.476 e. The third kappa shape index (κ3) is 2.85. The molecule has 1 aromatic rings. The highest BCUT2D eigenvalue weighted by molar-refractivity contribution is 5.84. The molecule has 1 N–H and O–H groups in total. The molecule has 1 heterocycles. The molecule has 0 spiro atoms. The zero-order valence-corrected chi connectivity index (χ0v) is 10.4. The van der Waals surface area contributed by atoms with E-state index in [9.17, 15) is 9.59 Å². The second-order valence-corrected chi connectivity index (χ2v) is 4.85. The van der Waals surface area contributed by atoms with E-state index in [1.165, 1.54) is 17.3 Å². The molecular formula is C11H16N4O3. The maximum atomic E-state index is 11.9. The molecule has 7 heteroatoms. The molecule has 98 valence electrons. The number of nitrogens with zero attached hydrogens (tertiary/aromatic N) is 4. The SMILES string of the molecule is CC1CC1CN(C)C(=O)Cn1cc(C(=O)O)nn1. The van der Waals surface area contributed by atoms with Crippen molar-refractivity contribution in [3.63, 3.8) is 0 Å². The predicted octanol–water partition coefficient (Wildman–Crippen LogP) is 0.0907. The lowest BCUT2D eigenvalue weighted by molar-refractivity contribution is -0.131. The van der Waals surface area contributed by atoms with Crippen LogP contribution in [0.15, 0.2) is 6.20 Å². The summed E-state index contributed by atoms with van der Waals surface area (Å²) in [4.78, 5) is 24.1. The molecule has 18 heavy (non-hydrogen) atoms. The van der Waals surface area contributed by atoms with E-state index in [1.807, 2.05) is 0 Å². The number of amides is 1. The Balaban J connectivity index is 1.87. The Morgan fingerprint density at radius 1 is 1.61 bits per heavy atom. The van der Waals surface area contributed by atoms with E-state index < -0.39 is 5.97 Å². The van der Waals surface area contributed by atoms with Gasteiger partial charge in [-0.15, -0.1) is 5.10 Å². The Morgan fingerprint density at radius 3 is 2.78 bits per heavy atom. The second kappa shape index (κ2) is 4.75. The second-order valence-electron chi connectivity index (χ2n) is 4.85. The Hall–Kier alpha value is -1.92. The van der Waals surface area contributed by atoms with Gasteiger partial charge < -0.3 is 10.0 Å². The molecule has 1 saturated carbocycles. The number of rotatable bonds is 5. The van der Waals surface area contributed by atoms with Crippen LogP contribution in [0.2, 0.25) is 0 Å². The topological polar surface area (TPSA) is 88.3 Å². The van der Waals surface area contributed by atoms with Gasteiger partial charge in [0.2, 0.25) is 5.91 Å². The number of hydrogen-bond acceptors (Lipinski definition) is 4. The van der Waals surface area contributed by atoms with Crippen LogP contribution < -0.4 is 0 Å². The van der Waals surface area contributed by atoms with Crippen molar-refractivity contribution < 1.29 is 14.7 Å². The molecular weight excluding hydrogens is 236 g/mol. The highest BCUT2D eigenvalue weighted by Crippen LogP contribution is 2.37. The van der Waals surface area contributed by atoms with E-state index in [0.29, 0.717) is 11.8 Å². The summed E-state index contributed by atoms with van der Waals surface area (Å²) in [5.74, 6) is 0.0688. The average Bonchev–Trinajstić information content (AvgIpc) is 2.79. The fraction of sp³-hybridized carbons (Fsp3) is 0.636. The van der Waals surface area contributed by atoms with E-state index in [4.69, 9.17) is 5.11 Å². The molecule has 1 fully saturated rings. The number of hydrogen-bond donors (Lipinski definition) is 1. The highest BCUT2D eigenvalue weighted by Gasteiger charge is 2.34. The van der Waals surface area contributed by atoms with Gasteiger partial charge >= 0.3 is 5.97 Å². The molecule has 1 amide bonds. The van der Waals surface area contributed by atoms with Crippen molar-refractivity contribution in [2.75, 3.05) is 13.6 Å². The lowest BCUT2D eigenvalue weighted by atomic mass is 10.3. The largest absolute Gasteiger partial charge is 0.476 e. The lowest BCUT2D eigenvalue weighted by Gasteiger charge is -2.16. The predicted molar refractivity (Wildman–Crippen MR) is 61.9 cm³/mol.